The Morgan fingerprint density at radius 2 is 1.67 bits per heavy atom. The third-order valence-electron chi connectivity index (χ3n) is 5.79. The van der Waals surface area contributed by atoms with E-state index in [-0.39, 0.29) is 11.8 Å². The lowest BCUT2D eigenvalue weighted by atomic mass is 10.0. The highest BCUT2D eigenvalue weighted by atomic mass is 19.1. The van der Waals surface area contributed by atoms with Crippen LogP contribution in [0.5, 0.6) is 0 Å². The molecule has 33 heavy (non-hydrogen) atoms. The second kappa shape index (κ2) is 10.3. The number of aromatic amines is 1. The van der Waals surface area contributed by atoms with E-state index in [1.54, 1.807) is 17.0 Å². The number of rotatable bonds is 2. The molecule has 0 bridgehead atoms. The van der Waals surface area contributed by atoms with Gasteiger partial charge < -0.3 is 29.4 Å². The summed E-state index contributed by atoms with van der Waals surface area (Å²) < 4.78 is 30.3. The zero-order valence-electron chi connectivity index (χ0n) is 18.8. The molecule has 1 aromatic carbocycles. The van der Waals surface area contributed by atoms with Crippen molar-refractivity contribution in [2.45, 2.75) is 13.8 Å². The van der Waals surface area contributed by atoms with Crippen LogP contribution in [-0.2, 0) is 19.0 Å². The third-order valence-corrected chi connectivity index (χ3v) is 5.79. The average Bonchev–Trinajstić information content (AvgIpc) is 3.23. The van der Waals surface area contributed by atoms with Gasteiger partial charge in [0.05, 0.1) is 50.8 Å². The Morgan fingerprint density at radius 3 is 2.33 bits per heavy atom. The monoisotopic (exact) mass is 457 g/mol. The van der Waals surface area contributed by atoms with E-state index < -0.39 is 5.82 Å². The molecule has 2 aromatic rings. The summed E-state index contributed by atoms with van der Waals surface area (Å²) in [7, 11) is 0. The van der Waals surface area contributed by atoms with Crippen molar-refractivity contribution < 1.29 is 28.2 Å². The predicted octanol–water partition coefficient (Wildman–Crippen LogP) is 2.77. The molecule has 0 saturated carbocycles. The van der Waals surface area contributed by atoms with Gasteiger partial charge in [-0.25, -0.2) is 4.39 Å². The quantitative estimate of drug-likeness (QED) is 0.677. The highest BCUT2D eigenvalue weighted by molar-refractivity contribution is 6.34. The largest absolute Gasteiger partial charge is 0.377 e. The number of ether oxygens (including phenoxy) is 3. The Labute approximate surface area is 191 Å². The van der Waals surface area contributed by atoms with Gasteiger partial charge in [0.1, 0.15) is 5.82 Å². The van der Waals surface area contributed by atoms with Crippen molar-refractivity contribution in [2.24, 2.45) is 0 Å². The number of nitrogens with one attached hydrogen (secondary N) is 2. The molecule has 1 fully saturated rings. The summed E-state index contributed by atoms with van der Waals surface area (Å²) in [6, 6.07) is 4.18. The first-order chi connectivity index (χ1) is 16.0. The molecule has 0 unspecified atom stereocenters. The molecule has 2 amide bonds. The van der Waals surface area contributed by atoms with Crippen molar-refractivity contribution in [1.29, 1.82) is 0 Å². The smallest absolute Gasteiger partial charge is 0.256 e. The number of aryl methyl sites for hydroxylation is 1. The van der Waals surface area contributed by atoms with E-state index in [9.17, 15) is 14.0 Å². The molecule has 1 saturated heterocycles. The van der Waals surface area contributed by atoms with Crippen molar-refractivity contribution in [3.63, 3.8) is 0 Å². The Morgan fingerprint density at radius 1 is 1.03 bits per heavy atom. The second-order valence-electron chi connectivity index (χ2n) is 8.00. The van der Waals surface area contributed by atoms with Crippen LogP contribution >= 0.6 is 0 Å². The van der Waals surface area contributed by atoms with Crippen LogP contribution < -0.4 is 5.32 Å². The van der Waals surface area contributed by atoms with Crippen LogP contribution in [0, 0.1) is 19.7 Å². The molecule has 2 N–H and O–H groups in total. The number of fused-ring (bicyclic) bond motifs is 1. The summed E-state index contributed by atoms with van der Waals surface area (Å²) in [5.74, 6) is -0.858. The Kier molecular flexibility index (Phi) is 7.22. The van der Waals surface area contributed by atoms with Crippen LogP contribution in [0.2, 0.25) is 0 Å². The lowest BCUT2D eigenvalue weighted by molar-refractivity contribution is -0.110. The topological polar surface area (TPSA) is 92.9 Å². The van der Waals surface area contributed by atoms with E-state index in [1.165, 1.54) is 12.1 Å². The van der Waals surface area contributed by atoms with Gasteiger partial charge >= 0.3 is 0 Å². The highest BCUT2D eigenvalue weighted by Crippen LogP contribution is 2.34. The van der Waals surface area contributed by atoms with Crippen molar-refractivity contribution in [3.8, 4) is 0 Å². The first-order valence-electron chi connectivity index (χ1n) is 11.0. The highest BCUT2D eigenvalue weighted by Gasteiger charge is 2.27. The van der Waals surface area contributed by atoms with E-state index in [0.29, 0.717) is 86.5 Å². The standard InChI is InChI=1S/C24H28FN3O5/c1-15-21(14-19-18-13-17(25)3-4-20(18)27-23(19)29)26-16(2)22(15)24(30)28-5-7-31-9-11-33-12-10-32-8-6-28/h3-4,13-14,26H,5-12H2,1-2H3,(H,27,29). The number of nitrogens with zero attached hydrogens (tertiary/aromatic N) is 1. The molecule has 0 spiro atoms. The van der Waals surface area contributed by atoms with Gasteiger partial charge in [0.25, 0.3) is 11.8 Å². The Hall–Kier alpha value is -3.01. The molecular formula is C24H28FN3O5. The zero-order chi connectivity index (χ0) is 23.4. The number of carbonyl (C=O) groups is 2. The van der Waals surface area contributed by atoms with Gasteiger partial charge in [0.2, 0.25) is 0 Å². The van der Waals surface area contributed by atoms with Gasteiger partial charge in [-0.15, -0.1) is 0 Å². The van der Waals surface area contributed by atoms with Crippen LogP contribution in [0.3, 0.4) is 0 Å². The molecular weight excluding hydrogens is 429 g/mol. The average molecular weight is 458 g/mol. The molecule has 1 aromatic heterocycles. The van der Waals surface area contributed by atoms with E-state index in [1.807, 2.05) is 13.8 Å². The van der Waals surface area contributed by atoms with Crippen LogP contribution in [-0.4, -0.2) is 74.4 Å². The lowest BCUT2D eigenvalue weighted by Gasteiger charge is -2.24. The Bertz CT molecular complexity index is 1070. The van der Waals surface area contributed by atoms with Crippen molar-refractivity contribution >= 4 is 29.2 Å². The Balaban J connectivity index is 1.59. The summed E-state index contributed by atoms with van der Waals surface area (Å²) in [6.45, 7) is 7.23. The molecule has 0 aliphatic carbocycles. The molecule has 0 atom stereocenters. The molecule has 4 rings (SSSR count). The number of carbonyl (C=O) groups excluding carboxylic acids is 2. The fraction of sp³-hybridized carbons (Fsp3) is 0.417. The number of H-pyrrole nitrogens is 1. The summed E-state index contributed by atoms with van der Waals surface area (Å²) in [4.78, 5) is 30.9. The van der Waals surface area contributed by atoms with Crippen molar-refractivity contribution in [1.82, 2.24) is 9.88 Å². The molecule has 2 aliphatic heterocycles. The SMILES string of the molecule is Cc1[nH]c(C=C2C(=O)Nc3ccc(F)cc32)c(C)c1C(=O)N1CCOCCOCCOCC1. The molecule has 2 aliphatic rings. The minimum absolute atomic E-state index is 0.131. The van der Waals surface area contributed by atoms with Gasteiger partial charge in [-0.2, -0.15) is 0 Å². The number of hydrogen-bond acceptors (Lipinski definition) is 5. The maximum atomic E-state index is 13.8. The fourth-order valence-corrected chi connectivity index (χ4v) is 4.05. The zero-order valence-corrected chi connectivity index (χ0v) is 18.8. The number of amides is 2. The van der Waals surface area contributed by atoms with Crippen LogP contribution in [0.1, 0.15) is 32.9 Å². The predicted molar refractivity (Wildman–Crippen MR) is 122 cm³/mol. The summed E-state index contributed by atoms with van der Waals surface area (Å²) in [6.07, 6.45) is 1.67. The lowest BCUT2D eigenvalue weighted by Crippen LogP contribution is -2.37. The number of benzene rings is 1. The van der Waals surface area contributed by atoms with Gasteiger partial charge in [0, 0.05) is 35.7 Å². The van der Waals surface area contributed by atoms with Crippen molar-refractivity contribution in [3.05, 3.63) is 52.1 Å². The summed E-state index contributed by atoms with van der Waals surface area (Å²) in [5, 5.41) is 2.74. The number of halogens is 1. The maximum Gasteiger partial charge on any atom is 0.256 e. The minimum atomic E-state index is -0.419. The molecule has 9 heteroatoms. The first-order valence-corrected chi connectivity index (χ1v) is 11.0. The van der Waals surface area contributed by atoms with Crippen LogP contribution in [0.4, 0.5) is 10.1 Å². The van der Waals surface area contributed by atoms with Crippen molar-refractivity contribution in [2.75, 3.05) is 58.0 Å². The fourth-order valence-electron chi connectivity index (χ4n) is 4.05. The second-order valence-corrected chi connectivity index (χ2v) is 8.00. The van der Waals surface area contributed by atoms with Gasteiger partial charge in [-0.05, 0) is 43.7 Å². The van der Waals surface area contributed by atoms with E-state index in [0.717, 1.165) is 5.56 Å². The summed E-state index contributed by atoms with van der Waals surface area (Å²) in [5.41, 5.74) is 4.03. The minimum Gasteiger partial charge on any atom is -0.377 e. The van der Waals surface area contributed by atoms with E-state index >= 15 is 0 Å². The normalized spacial score (nSPS) is 19.1. The molecule has 3 heterocycles. The van der Waals surface area contributed by atoms with Crippen LogP contribution in [0.25, 0.3) is 11.6 Å². The van der Waals surface area contributed by atoms with E-state index in [2.05, 4.69) is 10.3 Å². The first kappa shape index (κ1) is 23.2. The third kappa shape index (κ3) is 5.16. The number of anilines is 1. The molecule has 0 radical (unpaired) electrons. The van der Waals surface area contributed by atoms with Gasteiger partial charge in [0.15, 0.2) is 0 Å². The summed E-state index contributed by atoms with van der Waals surface area (Å²) >= 11 is 0. The number of hydrogen-bond donors (Lipinski definition) is 2. The molecule has 8 nitrogen and oxygen atoms in total. The van der Waals surface area contributed by atoms with Crippen LogP contribution in [0.15, 0.2) is 18.2 Å². The molecule has 176 valence electrons. The maximum absolute atomic E-state index is 13.8. The van der Waals surface area contributed by atoms with Gasteiger partial charge in [-0.3, -0.25) is 9.59 Å². The van der Waals surface area contributed by atoms with Gasteiger partial charge in [-0.1, -0.05) is 0 Å². The number of aromatic nitrogens is 1. The van der Waals surface area contributed by atoms with E-state index in [4.69, 9.17) is 14.2 Å².